The predicted molar refractivity (Wildman–Crippen MR) is 97.1 cm³/mol. The number of hydrogen-bond donors (Lipinski definition) is 3. The van der Waals surface area contributed by atoms with Crippen LogP contribution >= 0.6 is 11.6 Å². The molecule has 0 fully saturated rings. The van der Waals surface area contributed by atoms with Crippen molar-refractivity contribution in [2.75, 3.05) is 0 Å². The van der Waals surface area contributed by atoms with Gasteiger partial charge in [0.15, 0.2) is 0 Å². The number of benzene rings is 2. The minimum Gasteiger partial charge on any atom is -0.340 e. The van der Waals surface area contributed by atoms with E-state index in [1.54, 1.807) is 18.2 Å². The lowest BCUT2D eigenvalue weighted by Gasteiger charge is -2.15. The Morgan fingerprint density at radius 2 is 1.74 bits per heavy atom. The largest absolute Gasteiger partial charge is 0.340 e. The highest BCUT2D eigenvalue weighted by Crippen LogP contribution is 2.15. The number of carbonyl (C=O) groups is 3. The topological polar surface area (TPSA) is 130 Å². The summed E-state index contributed by atoms with van der Waals surface area (Å²) in [6, 6.07) is 10.4. The molecule has 9 nitrogen and oxygen atoms in total. The third kappa shape index (κ3) is 5.25. The van der Waals surface area contributed by atoms with E-state index in [1.165, 1.54) is 31.2 Å². The van der Waals surface area contributed by atoms with Gasteiger partial charge in [-0.1, -0.05) is 29.8 Å². The first kappa shape index (κ1) is 19.9. The van der Waals surface area contributed by atoms with Gasteiger partial charge in [-0.25, -0.2) is 0 Å². The van der Waals surface area contributed by atoms with Gasteiger partial charge in [0.05, 0.1) is 15.5 Å². The number of carbonyl (C=O) groups excluding carboxylic acids is 3. The van der Waals surface area contributed by atoms with Crippen molar-refractivity contribution in [2.45, 2.75) is 13.0 Å². The zero-order valence-corrected chi connectivity index (χ0v) is 14.8. The van der Waals surface area contributed by atoms with Crippen LogP contribution in [-0.2, 0) is 4.79 Å². The van der Waals surface area contributed by atoms with Gasteiger partial charge >= 0.3 is 0 Å². The van der Waals surface area contributed by atoms with E-state index >= 15 is 0 Å². The lowest BCUT2D eigenvalue weighted by atomic mass is 10.2. The van der Waals surface area contributed by atoms with Crippen molar-refractivity contribution in [3.05, 3.63) is 74.8 Å². The fraction of sp³-hybridized carbons (Fsp3) is 0.118. The van der Waals surface area contributed by atoms with Crippen LogP contribution in [0.3, 0.4) is 0 Å². The summed E-state index contributed by atoms with van der Waals surface area (Å²) in [6.45, 7) is 1.42. The lowest BCUT2D eigenvalue weighted by molar-refractivity contribution is -0.384. The Kier molecular flexibility index (Phi) is 6.45. The van der Waals surface area contributed by atoms with Gasteiger partial charge in [0.25, 0.3) is 23.4 Å². The van der Waals surface area contributed by atoms with Crippen LogP contribution < -0.4 is 16.2 Å². The maximum atomic E-state index is 12.1. The van der Waals surface area contributed by atoms with Crippen LogP contribution in [0.1, 0.15) is 27.6 Å². The summed E-state index contributed by atoms with van der Waals surface area (Å²) in [6.07, 6.45) is 0. The Bertz CT molecular complexity index is 902. The van der Waals surface area contributed by atoms with Gasteiger partial charge < -0.3 is 5.32 Å². The van der Waals surface area contributed by atoms with Crippen LogP contribution in [0.5, 0.6) is 0 Å². The van der Waals surface area contributed by atoms with Gasteiger partial charge in [0.1, 0.15) is 6.04 Å². The molecule has 0 aliphatic carbocycles. The molecule has 27 heavy (non-hydrogen) atoms. The quantitative estimate of drug-likeness (QED) is 0.529. The van der Waals surface area contributed by atoms with E-state index in [2.05, 4.69) is 16.2 Å². The summed E-state index contributed by atoms with van der Waals surface area (Å²) in [5.74, 6) is -1.97. The molecule has 1 atom stereocenters. The second-order valence-corrected chi connectivity index (χ2v) is 5.83. The van der Waals surface area contributed by atoms with Gasteiger partial charge in [-0.15, -0.1) is 0 Å². The van der Waals surface area contributed by atoms with E-state index in [0.29, 0.717) is 0 Å². The van der Waals surface area contributed by atoms with Crippen molar-refractivity contribution < 1.29 is 19.3 Å². The van der Waals surface area contributed by atoms with Crippen molar-refractivity contribution >= 4 is 35.0 Å². The summed E-state index contributed by atoms with van der Waals surface area (Å²) in [7, 11) is 0. The third-order valence-corrected chi connectivity index (χ3v) is 3.81. The van der Waals surface area contributed by atoms with E-state index in [9.17, 15) is 24.5 Å². The van der Waals surface area contributed by atoms with Crippen molar-refractivity contribution in [2.24, 2.45) is 0 Å². The Morgan fingerprint density at radius 3 is 2.41 bits per heavy atom. The minimum atomic E-state index is -0.973. The summed E-state index contributed by atoms with van der Waals surface area (Å²) in [5.41, 5.74) is 4.23. The standard InChI is InChI=1S/C17H15ClN4O5/c1-10(19-17(25)13-7-2-3-8-14(13)18)15(23)20-21-16(24)11-5-4-6-12(9-11)22(26)27/h2-10H,1H3,(H,19,25)(H,20,23)(H,21,24). The number of non-ortho nitro benzene ring substituents is 1. The molecule has 0 spiro atoms. The van der Waals surface area contributed by atoms with Crippen molar-refractivity contribution in [3.63, 3.8) is 0 Å². The average molecular weight is 391 g/mol. The molecule has 0 saturated carbocycles. The number of hydrazine groups is 1. The maximum absolute atomic E-state index is 12.1. The molecular weight excluding hydrogens is 376 g/mol. The Hall–Kier alpha value is -3.46. The van der Waals surface area contributed by atoms with Crippen LogP contribution in [0.25, 0.3) is 0 Å². The summed E-state index contributed by atoms with van der Waals surface area (Å²) in [5, 5.41) is 13.4. The Morgan fingerprint density at radius 1 is 1.04 bits per heavy atom. The van der Waals surface area contributed by atoms with Crippen molar-refractivity contribution in [1.29, 1.82) is 0 Å². The first-order valence-corrected chi connectivity index (χ1v) is 8.07. The predicted octanol–water partition coefficient (Wildman–Crippen LogP) is 1.83. The molecule has 0 saturated heterocycles. The monoisotopic (exact) mass is 390 g/mol. The van der Waals surface area contributed by atoms with Crippen molar-refractivity contribution in [1.82, 2.24) is 16.2 Å². The number of rotatable bonds is 5. The molecular formula is C17H15ClN4O5. The normalized spacial score (nSPS) is 11.2. The molecule has 1 unspecified atom stereocenters. The lowest BCUT2D eigenvalue weighted by Crippen LogP contribution is -2.51. The minimum absolute atomic E-state index is 0.00254. The summed E-state index contributed by atoms with van der Waals surface area (Å²) in [4.78, 5) is 46.2. The number of nitrogens with one attached hydrogen (secondary N) is 3. The van der Waals surface area contributed by atoms with Crippen LogP contribution in [0, 0.1) is 10.1 Å². The van der Waals surface area contributed by atoms with E-state index in [0.717, 1.165) is 6.07 Å². The van der Waals surface area contributed by atoms with E-state index < -0.39 is 28.7 Å². The molecule has 3 N–H and O–H groups in total. The number of hydrogen-bond acceptors (Lipinski definition) is 5. The summed E-state index contributed by atoms with van der Waals surface area (Å²) < 4.78 is 0. The average Bonchev–Trinajstić information content (AvgIpc) is 2.66. The molecule has 0 aliphatic heterocycles. The zero-order chi connectivity index (χ0) is 20.0. The maximum Gasteiger partial charge on any atom is 0.270 e. The van der Waals surface area contributed by atoms with Gasteiger partial charge in [-0.2, -0.15) is 0 Å². The number of nitrogens with zero attached hydrogens (tertiary/aromatic N) is 1. The van der Waals surface area contributed by atoms with Crippen LogP contribution in [0.4, 0.5) is 5.69 Å². The second-order valence-electron chi connectivity index (χ2n) is 5.43. The molecule has 10 heteroatoms. The molecule has 0 heterocycles. The Balaban J connectivity index is 1.92. The van der Waals surface area contributed by atoms with Crippen LogP contribution in [-0.4, -0.2) is 28.7 Å². The van der Waals surface area contributed by atoms with Gasteiger partial charge in [-0.05, 0) is 25.1 Å². The highest BCUT2D eigenvalue weighted by atomic mass is 35.5. The Labute approximate surface area is 158 Å². The van der Waals surface area contributed by atoms with Crippen molar-refractivity contribution in [3.8, 4) is 0 Å². The van der Waals surface area contributed by atoms with Crippen LogP contribution in [0.15, 0.2) is 48.5 Å². The summed E-state index contributed by atoms with van der Waals surface area (Å²) >= 11 is 5.92. The molecule has 2 rings (SSSR count). The molecule has 2 aromatic rings. The molecule has 140 valence electrons. The smallest absolute Gasteiger partial charge is 0.270 e. The van der Waals surface area contributed by atoms with E-state index in [1.807, 2.05) is 0 Å². The van der Waals surface area contributed by atoms with Crippen LogP contribution in [0.2, 0.25) is 5.02 Å². The fourth-order valence-corrected chi connectivity index (χ4v) is 2.27. The molecule has 0 bridgehead atoms. The number of amides is 3. The molecule has 0 radical (unpaired) electrons. The SMILES string of the molecule is CC(NC(=O)c1ccccc1Cl)C(=O)NNC(=O)c1cccc([N+](=O)[O-])c1. The fourth-order valence-electron chi connectivity index (χ4n) is 2.04. The molecule has 3 amide bonds. The van der Waals surface area contributed by atoms with E-state index in [-0.39, 0.29) is 21.8 Å². The number of halogens is 1. The highest BCUT2D eigenvalue weighted by Gasteiger charge is 2.19. The number of nitro groups is 1. The zero-order valence-electron chi connectivity index (χ0n) is 14.1. The molecule has 2 aromatic carbocycles. The first-order valence-electron chi connectivity index (χ1n) is 7.69. The first-order chi connectivity index (χ1) is 12.8. The second kappa shape index (κ2) is 8.77. The van der Waals surface area contributed by atoms with Gasteiger partial charge in [0.2, 0.25) is 0 Å². The van der Waals surface area contributed by atoms with E-state index in [4.69, 9.17) is 11.6 Å². The highest BCUT2D eigenvalue weighted by molar-refractivity contribution is 6.33. The van der Waals surface area contributed by atoms with Gasteiger partial charge in [-0.3, -0.25) is 35.3 Å². The molecule has 0 aromatic heterocycles. The van der Waals surface area contributed by atoms with Gasteiger partial charge in [0, 0.05) is 17.7 Å². The molecule has 0 aliphatic rings. The third-order valence-electron chi connectivity index (χ3n) is 3.48. The number of nitro benzene ring substituents is 1.